The normalized spacial score (nSPS) is 12.2. The maximum Gasteiger partial charge on any atom is 0.119 e. The van der Waals surface area contributed by atoms with E-state index in [1.165, 1.54) is 22.3 Å². The Bertz CT molecular complexity index is 592. The molecule has 2 nitrogen and oxygen atoms in total. The highest BCUT2D eigenvalue weighted by molar-refractivity contribution is 5.31. The van der Waals surface area contributed by atoms with E-state index in [-0.39, 0.29) is 0 Å². The lowest BCUT2D eigenvalue weighted by Gasteiger charge is -2.16. The van der Waals surface area contributed by atoms with Crippen molar-refractivity contribution in [1.82, 2.24) is 0 Å². The molecule has 2 rings (SSSR count). The molecule has 21 heavy (non-hydrogen) atoms. The molecule has 0 heterocycles. The standard InChI is InChI=1S/C19H25NO/c1-14-7-8-17(9-15(14)2)11-18(13-20)10-16-5-4-6-19(12-16)21-3/h4-9,12,18H,10-11,13,20H2,1-3H3. The smallest absolute Gasteiger partial charge is 0.119 e. The van der Waals surface area contributed by atoms with E-state index in [2.05, 4.69) is 44.2 Å². The van der Waals surface area contributed by atoms with Gasteiger partial charge >= 0.3 is 0 Å². The van der Waals surface area contributed by atoms with Crippen LogP contribution in [0.15, 0.2) is 42.5 Å². The number of ether oxygens (including phenoxy) is 1. The van der Waals surface area contributed by atoms with Crippen molar-refractivity contribution >= 4 is 0 Å². The topological polar surface area (TPSA) is 35.2 Å². The molecule has 2 aromatic carbocycles. The van der Waals surface area contributed by atoms with Crippen LogP contribution in [0, 0.1) is 19.8 Å². The van der Waals surface area contributed by atoms with Gasteiger partial charge in [-0.05, 0) is 73.5 Å². The summed E-state index contributed by atoms with van der Waals surface area (Å²) in [6, 6.07) is 15.0. The molecule has 0 radical (unpaired) electrons. The van der Waals surface area contributed by atoms with Crippen LogP contribution in [0.5, 0.6) is 5.75 Å². The molecule has 112 valence electrons. The number of benzene rings is 2. The van der Waals surface area contributed by atoms with Crippen LogP contribution in [0.4, 0.5) is 0 Å². The second-order valence-corrected chi connectivity index (χ2v) is 5.78. The van der Waals surface area contributed by atoms with E-state index in [0.29, 0.717) is 12.5 Å². The molecule has 0 amide bonds. The zero-order valence-electron chi connectivity index (χ0n) is 13.2. The molecule has 1 unspecified atom stereocenters. The zero-order valence-corrected chi connectivity index (χ0v) is 13.2. The van der Waals surface area contributed by atoms with Crippen LogP contribution in [-0.4, -0.2) is 13.7 Å². The first-order chi connectivity index (χ1) is 10.1. The van der Waals surface area contributed by atoms with Crippen LogP contribution in [0.2, 0.25) is 0 Å². The first-order valence-electron chi connectivity index (χ1n) is 7.51. The molecule has 0 aliphatic heterocycles. The van der Waals surface area contributed by atoms with Crippen LogP contribution in [0.1, 0.15) is 22.3 Å². The Morgan fingerprint density at radius 1 is 0.952 bits per heavy atom. The van der Waals surface area contributed by atoms with E-state index in [4.69, 9.17) is 10.5 Å². The van der Waals surface area contributed by atoms with Crippen molar-refractivity contribution in [2.24, 2.45) is 11.7 Å². The highest BCUT2D eigenvalue weighted by Crippen LogP contribution is 2.19. The van der Waals surface area contributed by atoms with E-state index in [0.717, 1.165) is 18.6 Å². The largest absolute Gasteiger partial charge is 0.497 e. The van der Waals surface area contributed by atoms with Crippen molar-refractivity contribution in [1.29, 1.82) is 0 Å². The van der Waals surface area contributed by atoms with Crippen molar-refractivity contribution in [3.05, 3.63) is 64.7 Å². The van der Waals surface area contributed by atoms with Crippen molar-refractivity contribution < 1.29 is 4.74 Å². The summed E-state index contributed by atoms with van der Waals surface area (Å²) in [5.41, 5.74) is 11.3. The fourth-order valence-electron chi connectivity index (χ4n) is 2.64. The summed E-state index contributed by atoms with van der Waals surface area (Å²) in [5, 5.41) is 0. The lowest BCUT2D eigenvalue weighted by Crippen LogP contribution is -2.19. The molecule has 1 atom stereocenters. The van der Waals surface area contributed by atoms with Gasteiger partial charge in [0.25, 0.3) is 0 Å². The maximum atomic E-state index is 5.98. The predicted molar refractivity (Wildman–Crippen MR) is 88.9 cm³/mol. The van der Waals surface area contributed by atoms with Crippen LogP contribution in [-0.2, 0) is 12.8 Å². The fraction of sp³-hybridized carbons (Fsp3) is 0.368. The molecule has 0 aliphatic carbocycles. The minimum Gasteiger partial charge on any atom is -0.497 e. The summed E-state index contributed by atoms with van der Waals surface area (Å²) in [7, 11) is 1.70. The first kappa shape index (κ1) is 15.6. The SMILES string of the molecule is COc1cccc(CC(CN)Cc2ccc(C)c(C)c2)c1. The Kier molecular flexibility index (Phi) is 5.40. The van der Waals surface area contributed by atoms with Crippen molar-refractivity contribution in [3.63, 3.8) is 0 Å². The summed E-state index contributed by atoms with van der Waals surface area (Å²) in [6.45, 7) is 5.01. The molecule has 0 saturated heterocycles. The third-order valence-corrected chi connectivity index (χ3v) is 4.09. The molecular formula is C19H25NO. The summed E-state index contributed by atoms with van der Waals surface area (Å²) in [6.07, 6.45) is 2.01. The molecule has 2 heteroatoms. The fourth-order valence-corrected chi connectivity index (χ4v) is 2.64. The van der Waals surface area contributed by atoms with Gasteiger partial charge in [-0.25, -0.2) is 0 Å². The van der Waals surface area contributed by atoms with Crippen molar-refractivity contribution in [3.8, 4) is 5.75 Å². The number of rotatable bonds is 6. The summed E-state index contributed by atoms with van der Waals surface area (Å²) in [4.78, 5) is 0. The Morgan fingerprint density at radius 2 is 1.67 bits per heavy atom. The van der Waals surface area contributed by atoms with Gasteiger partial charge in [-0.1, -0.05) is 30.3 Å². The summed E-state index contributed by atoms with van der Waals surface area (Å²) < 4.78 is 5.29. The van der Waals surface area contributed by atoms with Crippen LogP contribution in [0.25, 0.3) is 0 Å². The molecular weight excluding hydrogens is 258 g/mol. The summed E-state index contributed by atoms with van der Waals surface area (Å²) >= 11 is 0. The highest BCUT2D eigenvalue weighted by Gasteiger charge is 2.10. The minimum atomic E-state index is 0.458. The van der Waals surface area contributed by atoms with Crippen molar-refractivity contribution in [2.45, 2.75) is 26.7 Å². The average Bonchev–Trinajstić information content (AvgIpc) is 2.50. The lowest BCUT2D eigenvalue weighted by molar-refractivity contribution is 0.413. The minimum absolute atomic E-state index is 0.458. The lowest BCUT2D eigenvalue weighted by atomic mass is 9.91. The van der Waals surface area contributed by atoms with Gasteiger partial charge in [0, 0.05) is 0 Å². The van der Waals surface area contributed by atoms with Gasteiger partial charge in [0.2, 0.25) is 0 Å². The highest BCUT2D eigenvalue weighted by atomic mass is 16.5. The van der Waals surface area contributed by atoms with Gasteiger partial charge < -0.3 is 10.5 Å². The molecule has 2 aromatic rings. The Balaban J connectivity index is 2.07. The van der Waals surface area contributed by atoms with E-state index in [9.17, 15) is 0 Å². The number of nitrogens with two attached hydrogens (primary N) is 1. The number of aryl methyl sites for hydroxylation is 2. The third-order valence-electron chi connectivity index (χ3n) is 4.09. The van der Waals surface area contributed by atoms with Gasteiger partial charge in [0.1, 0.15) is 5.75 Å². The average molecular weight is 283 g/mol. The second kappa shape index (κ2) is 7.28. The third kappa shape index (κ3) is 4.33. The Hall–Kier alpha value is -1.80. The molecule has 0 bridgehead atoms. The molecule has 2 N–H and O–H groups in total. The van der Waals surface area contributed by atoms with Crippen LogP contribution >= 0.6 is 0 Å². The number of hydrogen-bond acceptors (Lipinski definition) is 2. The van der Waals surface area contributed by atoms with Gasteiger partial charge in [-0.2, -0.15) is 0 Å². The molecule has 0 fully saturated rings. The molecule has 0 saturated carbocycles. The van der Waals surface area contributed by atoms with E-state index in [1.807, 2.05) is 12.1 Å². The first-order valence-corrected chi connectivity index (χ1v) is 7.51. The quantitative estimate of drug-likeness (QED) is 0.878. The predicted octanol–water partition coefficient (Wildman–Crippen LogP) is 3.67. The maximum absolute atomic E-state index is 5.98. The number of methoxy groups -OCH3 is 1. The molecule has 0 aliphatic rings. The van der Waals surface area contributed by atoms with Gasteiger partial charge in [-0.3, -0.25) is 0 Å². The van der Waals surface area contributed by atoms with Gasteiger partial charge in [0.15, 0.2) is 0 Å². The number of hydrogen-bond donors (Lipinski definition) is 1. The Labute approximate surface area is 127 Å². The molecule has 0 aromatic heterocycles. The molecule has 0 spiro atoms. The van der Waals surface area contributed by atoms with Gasteiger partial charge in [-0.15, -0.1) is 0 Å². The zero-order chi connectivity index (χ0) is 15.2. The van der Waals surface area contributed by atoms with E-state index >= 15 is 0 Å². The second-order valence-electron chi connectivity index (χ2n) is 5.78. The van der Waals surface area contributed by atoms with Crippen LogP contribution < -0.4 is 10.5 Å². The monoisotopic (exact) mass is 283 g/mol. The summed E-state index contributed by atoms with van der Waals surface area (Å²) in [5.74, 6) is 1.37. The van der Waals surface area contributed by atoms with Crippen molar-refractivity contribution in [2.75, 3.05) is 13.7 Å². The van der Waals surface area contributed by atoms with E-state index in [1.54, 1.807) is 7.11 Å². The van der Waals surface area contributed by atoms with E-state index < -0.39 is 0 Å². The van der Waals surface area contributed by atoms with Gasteiger partial charge in [0.05, 0.1) is 7.11 Å². The Morgan fingerprint density at radius 3 is 2.29 bits per heavy atom. The van der Waals surface area contributed by atoms with Crippen LogP contribution in [0.3, 0.4) is 0 Å².